The molecule has 190 valence electrons. The fourth-order valence-electron chi connectivity index (χ4n) is 4.06. The van der Waals surface area contributed by atoms with Gasteiger partial charge in [-0.05, 0) is 50.1 Å². The summed E-state index contributed by atoms with van der Waals surface area (Å²) in [7, 11) is -3.85. The molecule has 0 atom stereocenters. The molecule has 0 radical (unpaired) electrons. The molecule has 0 unspecified atom stereocenters. The maximum Gasteiger partial charge on any atom is 0.264 e. The van der Waals surface area contributed by atoms with Gasteiger partial charge in [0, 0.05) is 55.0 Å². The lowest BCUT2D eigenvalue weighted by molar-refractivity contribution is -0.120. The van der Waals surface area contributed by atoms with E-state index in [1.54, 1.807) is 37.6 Å². The number of carbonyl (C=O) groups is 1. The number of aryl methyl sites for hydroxylation is 1. The van der Waals surface area contributed by atoms with Crippen molar-refractivity contribution in [3.8, 4) is 5.82 Å². The number of carbonyl (C=O) groups excluding carboxylic acids is 1. The van der Waals surface area contributed by atoms with Gasteiger partial charge in [-0.3, -0.25) is 9.36 Å². The first-order valence-electron chi connectivity index (χ1n) is 11.7. The zero-order chi connectivity index (χ0) is 25.8. The van der Waals surface area contributed by atoms with E-state index in [4.69, 9.17) is 0 Å². The van der Waals surface area contributed by atoms with E-state index >= 15 is 0 Å². The highest BCUT2D eigenvalue weighted by Gasteiger charge is 2.26. The van der Waals surface area contributed by atoms with Gasteiger partial charge in [-0.1, -0.05) is 0 Å². The van der Waals surface area contributed by atoms with Crippen LogP contribution in [0.5, 0.6) is 0 Å². The van der Waals surface area contributed by atoms with Crippen molar-refractivity contribution in [2.75, 3.05) is 28.0 Å². The third kappa shape index (κ3) is 5.72. The van der Waals surface area contributed by atoms with Crippen LogP contribution in [0.25, 0.3) is 5.82 Å². The molecule has 12 nitrogen and oxygen atoms in total. The molecular formula is C24H25N9O3S. The molecule has 3 aromatic heterocycles. The van der Waals surface area contributed by atoms with E-state index in [-0.39, 0.29) is 22.7 Å². The summed E-state index contributed by atoms with van der Waals surface area (Å²) in [4.78, 5) is 35.8. The smallest absolute Gasteiger partial charge is 0.264 e. The molecule has 4 heterocycles. The number of hydrogen-bond acceptors (Lipinski definition) is 9. The molecule has 13 heteroatoms. The van der Waals surface area contributed by atoms with Crippen molar-refractivity contribution in [2.45, 2.75) is 24.7 Å². The summed E-state index contributed by atoms with van der Waals surface area (Å²) in [5.74, 6) is 1.29. The Morgan fingerprint density at radius 3 is 2.46 bits per heavy atom. The standard InChI is InChI=1S/C24H25N9O3S/c1-17-6-9-26-24(29-17)31-37(35,36)20-4-2-19(3-5-20)30-23(34)18-7-11-32(12-8-18)21-14-22(28-15-27-21)33-13-10-25-16-33/h2-6,9-10,13-16,18H,7-8,11-12H2,1H3,(H,30,34)(H,26,29,31). The summed E-state index contributed by atoms with van der Waals surface area (Å²) in [5, 5.41) is 2.90. The average Bonchev–Trinajstić information content (AvgIpc) is 3.44. The highest BCUT2D eigenvalue weighted by Crippen LogP contribution is 2.24. The molecule has 1 amide bonds. The van der Waals surface area contributed by atoms with E-state index in [2.05, 4.69) is 39.9 Å². The Hall–Kier alpha value is -4.39. The van der Waals surface area contributed by atoms with Crippen LogP contribution in [0, 0.1) is 12.8 Å². The van der Waals surface area contributed by atoms with Crippen molar-refractivity contribution in [1.82, 2.24) is 29.5 Å². The number of amides is 1. The monoisotopic (exact) mass is 519 g/mol. The number of benzene rings is 1. The molecule has 2 N–H and O–H groups in total. The van der Waals surface area contributed by atoms with E-state index in [1.807, 2.05) is 16.8 Å². The fraction of sp³-hybridized carbons (Fsp3) is 0.250. The highest BCUT2D eigenvalue weighted by molar-refractivity contribution is 7.92. The number of imidazole rings is 1. The second kappa shape index (κ2) is 10.3. The molecule has 1 aromatic carbocycles. The predicted octanol–water partition coefficient (Wildman–Crippen LogP) is 2.42. The van der Waals surface area contributed by atoms with Crippen molar-refractivity contribution in [3.05, 3.63) is 73.3 Å². The molecule has 0 saturated carbocycles. The summed E-state index contributed by atoms with van der Waals surface area (Å²) >= 11 is 0. The van der Waals surface area contributed by atoms with Gasteiger partial charge in [-0.2, -0.15) is 0 Å². The largest absolute Gasteiger partial charge is 0.356 e. The van der Waals surface area contributed by atoms with Crippen molar-refractivity contribution in [2.24, 2.45) is 5.92 Å². The van der Waals surface area contributed by atoms with Gasteiger partial charge >= 0.3 is 0 Å². The molecular weight excluding hydrogens is 494 g/mol. The van der Waals surface area contributed by atoms with Crippen LogP contribution in [0.15, 0.2) is 72.5 Å². The van der Waals surface area contributed by atoms with Crippen molar-refractivity contribution in [3.63, 3.8) is 0 Å². The van der Waals surface area contributed by atoms with Gasteiger partial charge in [0.05, 0.1) is 4.90 Å². The van der Waals surface area contributed by atoms with E-state index in [0.29, 0.717) is 37.3 Å². The van der Waals surface area contributed by atoms with Gasteiger partial charge in [0.25, 0.3) is 10.0 Å². The van der Waals surface area contributed by atoms with Crippen molar-refractivity contribution >= 4 is 33.4 Å². The minimum Gasteiger partial charge on any atom is -0.356 e. The number of sulfonamides is 1. The van der Waals surface area contributed by atoms with Gasteiger partial charge in [-0.15, -0.1) is 0 Å². The predicted molar refractivity (Wildman–Crippen MR) is 137 cm³/mol. The van der Waals surface area contributed by atoms with Gasteiger partial charge in [0.1, 0.15) is 24.3 Å². The zero-order valence-corrected chi connectivity index (χ0v) is 20.8. The van der Waals surface area contributed by atoms with Crippen LogP contribution in [0.3, 0.4) is 0 Å². The zero-order valence-electron chi connectivity index (χ0n) is 20.0. The van der Waals surface area contributed by atoms with Crippen molar-refractivity contribution in [1.29, 1.82) is 0 Å². The first-order valence-corrected chi connectivity index (χ1v) is 13.1. The molecule has 1 aliphatic heterocycles. The molecule has 4 aromatic rings. The number of hydrogen-bond donors (Lipinski definition) is 2. The van der Waals surface area contributed by atoms with Gasteiger partial charge in [0.2, 0.25) is 11.9 Å². The third-order valence-corrected chi connectivity index (χ3v) is 7.39. The number of anilines is 3. The molecule has 5 rings (SSSR count). The van der Waals surface area contributed by atoms with Crippen LogP contribution in [0.1, 0.15) is 18.5 Å². The van der Waals surface area contributed by atoms with E-state index in [0.717, 1.165) is 11.6 Å². The Labute approximate surface area is 213 Å². The van der Waals surface area contributed by atoms with Crippen LogP contribution in [0.2, 0.25) is 0 Å². The summed E-state index contributed by atoms with van der Waals surface area (Å²) in [6.45, 7) is 3.11. The van der Waals surface area contributed by atoms with Gasteiger partial charge < -0.3 is 10.2 Å². The first-order chi connectivity index (χ1) is 17.9. The Balaban J connectivity index is 1.16. The Morgan fingerprint density at radius 1 is 1.00 bits per heavy atom. The topological polar surface area (TPSA) is 148 Å². The number of nitrogens with zero attached hydrogens (tertiary/aromatic N) is 7. The maximum atomic E-state index is 12.9. The molecule has 37 heavy (non-hydrogen) atoms. The summed E-state index contributed by atoms with van der Waals surface area (Å²) in [6.07, 6.45) is 9.54. The first kappa shape index (κ1) is 24.3. The molecule has 0 aliphatic carbocycles. The van der Waals surface area contributed by atoms with E-state index < -0.39 is 10.0 Å². The maximum absolute atomic E-state index is 12.9. The summed E-state index contributed by atoms with van der Waals surface area (Å²) < 4.78 is 29.4. The quantitative estimate of drug-likeness (QED) is 0.375. The Bertz CT molecular complexity index is 1480. The molecule has 1 saturated heterocycles. The lowest BCUT2D eigenvalue weighted by Gasteiger charge is -2.32. The fourth-order valence-corrected chi connectivity index (χ4v) is 5.01. The summed E-state index contributed by atoms with van der Waals surface area (Å²) in [6, 6.07) is 9.58. The van der Waals surface area contributed by atoms with Crippen molar-refractivity contribution < 1.29 is 13.2 Å². The SMILES string of the molecule is Cc1ccnc(NS(=O)(=O)c2ccc(NC(=O)C3CCN(c4cc(-n5ccnc5)ncn4)CC3)cc2)n1. The van der Waals surface area contributed by atoms with Crippen LogP contribution in [0.4, 0.5) is 17.5 Å². The number of nitrogens with one attached hydrogen (secondary N) is 2. The van der Waals surface area contributed by atoms with Crippen LogP contribution in [-0.4, -0.2) is 56.9 Å². The lowest BCUT2D eigenvalue weighted by Crippen LogP contribution is -2.38. The number of aromatic nitrogens is 6. The van der Waals surface area contributed by atoms with Gasteiger partial charge in [0.15, 0.2) is 0 Å². The average molecular weight is 520 g/mol. The normalized spacial score (nSPS) is 14.4. The molecule has 1 aliphatic rings. The van der Waals surface area contributed by atoms with Crippen LogP contribution in [-0.2, 0) is 14.8 Å². The number of piperidine rings is 1. The Morgan fingerprint density at radius 2 is 1.76 bits per heavy atom. The number of rotatable bonds is 7. The molecule has 0 spiro atoms. The lowest BCUT2D eigenvalue weighted by atomic mass is 9.96. The van der Waals surface area contributed by atoms with Crippen LogP contribution < -0.4 is 14.9 Å². The van der Waals surface area contributed by atoms with E-state index in [1.165, 1.54) is 24.7 Å². The van der Waals surface area contributed by atoms with E-state index in [9.17, 15) is 13.2 Å². The second-order valence-electron chi connectivity index (χ2n) is 8.61. The van der Waals surface area contributed by atoms with Gasteiger partial charge in [-0.25, -0.2) is 38.1 Å². The second-order valence-corrected chi connectivity index (χ2v) is 10.3. The van der Waals surface area contributed by atoms with Crippen LogP contribution >= 0.6 is 0 Å². The Kier molecular flexibility index (Phi) is 6.77. The minimum absolute atomic E-state index is 0.00337. The minimum atomic E-state index is -3.85. The highest BCUT2D eigenvalue weighted by atomic mass is 32.2. The third-order valence-electron chi connectivity index (χ3n) is 6.05. The molecule has 0 bridgehead atoms. The summed E-state index contributed by atoms with van der Waals surface area (Å²) in [5.41, 5.74) is 1.17. The molecule has 1 fully saturated rings.